The van der Waals surface area contributed by atoms with Crippen LogP contribution in [0.5, 0.6) is 0 Å². The van der Waals surface area contributed by atoms with Gasteiger partial charge in [-0.05, 0) is 11.6 Å². The maximum Gasteiger partial charge on any atom is 0.311 e. The molecule has 0 saturated carbocycles. The summed E-state index contributed by atoms with van der Waals surface area (Å²) in [7, 11) is 1.31. The molecule has 1 aromatic heterocycles. The lowest BCUT2D eigenvalue weighted by molar-refractivity contribution is -0.145. The third-order valence-electron chi connectivity index (χ3n) is 3.05. The Labute approximate surface area is 110 Å². The van der Waals surface area contributed by atoms with E-state index in [9.17, 15) is 9.59 Å². The molecule has 0 aliphatic carbocycles. The van der Waals surface area contributed by atoms with Gasteiger partial charge in [0.05, 0.1) is 19.6 Å². The second-order valence-corrected chi connectivity index (χ2v) is 4.47. The summed E-state index contributed by atoms with van der Waals surface area (Å²) in [5, 5.41) is 11.9. The Bertz CT molecular complexity index is 473. The van der Waals surface area contributed by atoms with Gasteiger partial charge < -0.3 is 4.74 Å². The van der Waals surface area contributed by atoms with Crippen molar-refractivity contribution in [2.45, 2.75) is 32.7 Å². The molecule has 1 atom stereocenters. The Kier molecular flexibility index (Phi) is 4.08. The van der Waals surface area contributed by atoms with E-state index in [4.69, 9.17) is 0 Å². The van der Waals surface area contributed by atoms with Gasteiger partial charge in [-0.25, -0.2) is 0 Å². The topological polar surface area (TPSA) is 90.2 Å². The van der Waals surface area contributed by atoms with E-state index in [0.717, 1.165) is 12.8 Å². The predicted molar refractivity (Wildman–Crippen MR) is 65.2 cm³/mol. The molecule has 2 heterocycles. The third-order valence-corrected chi connectivity index (χ3v) is 3.05. The first-order chi connectivity index (χ1) is 9.15. The minimum atomic E-state index is -0.444. The number of esters is 1. The molecule has 1 aromatic rings. The lowest BCUT2D eigenvalue weighted by Crippen LogP contribution is -2.27. The normalized spacial score (nSPS) is 18.9. The van der Waals surface area contributed by atoms with E-state index in [2.05, 4.69) is 27.1 Å². The molecule has 19 heavy (non-hydrogen) atoms. The second-order valence-electron chi connectivity index (χ2n) is 4.47. The number of amides is 1. The molecule has 2 rings (SSSR count). The molecule has 0 aromatic carbocycles. The van der Waals surface area contributed by atoms with Gasteiger partial charge in [0.15, 0.2) is 0 Å². The summed E-state index contributed by atoms with van der Waals surface area (Å²) >= 11 is 0. The highest BCUT2D eigenvalue weighted by molar-refractivity contribution is 5.98. The number of tetrazole rings is 1. The highest BCUT2D eigenvalue weighted by atomic mass is 16.5. The van der Waals surface area contributed by atoms with Crippen LogP contribution in [0.15, 0.2) is 0 Å². The lowest BCUT2D eigenvalue weighted by atomic mass is 10.1. The molecule has 0 radical (unpaired) electrons. The summed E-state index contributed by atoms with van der Waals surface area (Å²) in [5.74, 6) is -0.743. The van der Waals surface area contributed by atoms with Crippen molar-refractivity contribution in [3.63, 3.8) is 0 Å². The number of methoxy groups -OCH3 is 1. The average molecular weight is 267 g/mol. The summed E-state index contributed by atoms with van der Waals surface area (Å²) in [6.07, 6.45) is 2.12. The standard InChI is InChI=1S/C11H17N5O3/c1-3-4-5-16-13-11(12-14-16)15-7-8(6-9(15)17)10(18)19-2/h8H,3-7H2,1-2H3/t8-/m1/s1. The summed E-state index contributed by atoms with van der Waals surface area (Å²) < 4.78 is 4.65. The van der Waals surface area contributed by atoms with Crippen molar-refractivity contribution in [1.29, 1.82) is 0 Å². The van der Waals surface area contributed by atoms with Crippen molar-refractivity contribution < 1.29 is 14.3 Å². The highest BCUT2D eigenvalue weighted by Gasteiger charge is 2.37. The first kappa shape index (κ1) is 13.4. The number of aryl methyl sites for hydroxylation is 1. The predicted octanol–water partition coefficient (Wildman–Crippen LogP) is -0.000900. The Hall–Kier alpha value is -1.99. The van der Waals surface area contributed by atoms with E-state index < -0.39 is 5.92 Å². The molecule has 104 valence electrons. The van der Waals surface area contributed by atoms with Gasteiger partial charge in [0, 0.05) is 13.0 Å². The van der Waals surface area contributed by atoms with E-state index in [1.54, 1.807) is 0 Å². The molecule has 1 amide bonds. The number of carbonyl (C=O) groups is 2. The quantitative estimate of drug-likeness (QED) is 0.697. The van der Waals surface area contributed by atoms with Crippen molar-refractivity contribution in [2.24, 2.45) is 5.92 Å². The summed E-state index contributed by atoms with van der Waals surface area (Å²) in [4.78, 5) is 26.1. The number of hydrogen-bond acceptors (Lipinski definition) is 6. The number of carbonyl (C=O) groups excluding carboxylic acids is 2. The van der Waals surface area contributed by atoms with E-state index >= 15 is 0 Å². The molecule has 0 bridgehead atoms. The van der Waals surface area contributed by atoms with Crippen LogP contribution in [-0.4, -0.2) is 45.7 Å². The van der Waals surface area contributed by atoms with Gasteiger partial charge in [0.2, 0.25) is 5.91 Å². The monoisotopic (exact) mass is 267 g/mol. The van der Waals surface area contributed by atoms with Gasteiger partial charge in [0.1, 0.15) is 0 Å². The minimum Gasteiger partial charge on any atom is -0.469 e. The zero-order valence-corrected chi connectivity index (χ0v) is 11.1. The smallest absolute Gasteiger partial charge is 0.311 e. The summed E-state index contributed by atoms with van der Waals surface area (Å²) in [5.41, 5.74) is 0. The Morgan fingerprint density at radius 3 is 3.00 bits per heavy atom. The molecule has 0 unspecified atom stereocenters. The largest absolute Gasteiger partial charge is 0.469 e. The van der Waals surface area contributed by atoms with E-state index in [1.807, 2.05) is 0 Å². The van der Waals surface area contributed by atoms with Crippen LogP contribution >= 0.6 is 0 Å². The van der Waals surface area contributed by atoms with Crippen molar-refractivity contribution in [2.75, 3.05) is 18.6 Å². The van der Waals surface area contributed by atoms with Gasteiger partial charge in [-0.2, -0.15) is 4.80 Å². The number of hydrogen-bond donors (Lipinski definition) is 0. The van der Waals surface area contributed by atoms with Crippen molar-refractivity contribution >= 4 is 17.8 Å². The molecule has 1 fully saturated rings. The fraction of sp³-hybridized carbons (Fsp3) is 0.727. The number of ether oxygens (including phenoxy) is 1. The van der Waals surface area contributed by atoms with Gasteiger partial charge in [-0.1, -0.05) is 18.4 Å². The van der Waals surface area contributed by atoms with Crippen LogP contribution in [0, 0.1) is 5.92 Å². The molecule has 1 aliphatic rings. The maximum absolute atomic E-state index is 11.8. The number of nitrogens with zero attached hydrogens (tertiary/aromatic N) is 5. The maximum atomic E-state index is 11.8. The van der Waals surface area contributed by atoms with E-state index in [1.165, 1.54) is 16.8 Å². The molecular weight excluding hydrogens is 250 g/mol. The van der Waals surface area contributed by atoms with Crippen LogP contribution in [0.2, 0.25) is 0 Å². The minimum absolute atomic E-state index is 0.135. The summed E-state index contributed by atoms with van der Waals surface area (Å²) in [6.45, 7) is 3.00. The Morgan fingerprint density at radius 2 is 2.32 bits per heavy atom. The zero-order valence-electron chi connectivity index (χ0n) is 11.1. The SMILES string of the molecule is CCCCn1nnc(N2C[C@H](C(=O)OC)CC2=O)n1. The fourth-order valence-corrected chi connectivity index (χ4v) is 1.96. The summed E-state index contributed by atoms with van der Waals surface area (Å²) in [6, 6.07) is 0. The molecule has 8 nitrogen and oxygen atoms in total. The lowest BCUT2D eigenvalue weighted by Gasteiger charge is -2.10. The van der Waals surface area contributed by atoms with Gasteiger partial charge >= 0.3 is 5.97 Å². The number of rotatable bonds is 5. The van der Waals surface area contributed by atoms with Crippen LogP contribution in [0.4, 0.5) is 5.95 Å². The van der Waals surface area contributed by atoms with Crippen molar-refractivity contribution in [3.05, 3.63) is 0 Å². The number of unbranched alkanes of at least 4 members (excludes halogenated alkanes) is 1. The zero-order chi connectivity index (χ0) is 13.8. The van der Waals surface area contributed by atoms with Gasteiger partial charge in [-0.15, -0.1) is 5.10 Å². The van der Waals surface area contributed by atoms with E-state index in [0.29, 0.717) is 6.54 Å². The average Bonchev–Trinajstić information content (AvgIpc) is 3.01. The van der Waals surface area contributed by atoms with Crippen LogP contribution in [0.3, 0.4) is 0 Å². The molecule has 1 aliphatic heterocycles. The van der Waals surface area contributed by atoms with Gasteiger partial charge in [-0.3, -0.25) is 14.5 Å². The highest BCUT2D eigenvalue weighted by Crippen LogP contribution is 2.22. The van der Waals surface area contributed by atoms with Crippen LogP contribution in [-0.2, 0) is 20.9 Å². The van der Waals surface area contributed by atoms with Crippen molar-refractivity contribution in [1.82, 2.24) is 20.2 Å². The first-order valence-corrected chi connectivity index (χ1v) is 6.31. The van der Waals surface area contributed by atoms with Crippen LogP contribution in [0.1, 0.15) is 26.2 Å². The van der Waals surface area contributed by atoms with E-state index in [-0.39, 0.29) is 30.8 Å². The molecule has 0 N–H and O–H groups in total. The fourth-order valence-electron chi connectivity index (χ4n) is 1.96. The molecule has 0 spiro atoms. The number of aromatic nitrogens is 4. The molecular formula is C11H17N5O3. The van der Waals surface area contributed by atoms with Crippen LogP contribution in [0.25, 0.3) is 0 Å². The molecule has 1 saturated heterocycles. The van der Waals surface area contributed by atoms with Gasteiger partial charge in [0.25, 0.3) is 5.95 Å². The second kappa shape index (κ2) is 5.77. The number of anilines is 1. The van der Waals surface area contributed by atoms with Crippen molar-refractivity contribution in [3.8, 4) is 0 Å². The first-order valence-electron chi connectivity index (χ1n) is 6.31. The third kappa shape index (κ3) is 2.88. The van der Waals surface area contributed by atoms with Crippen LogP contribution < -0.4 is 4.90 Å². The Balaban J connectivity index is 2.03. The molecule has 8 heteroatoms. The Morgan fingerprint density at radius 1 is 1.53 bits per heavy atom.